The molecule has 0 radical (unpaired) electrons. The molecule has 3 rings (SSSR count). The predicted molar refractivity (Wildman–Crippen MR) is 78.2 cm³/mol. The Labute approximate surface area is 114 Å². The van der Waals surface area contributed by atoms with Crippen molar-refractivity contribution in [1.82, 2.24) is 10.3 Å². The standard InChI is InChI=1S/C16H19N3/c1-17-10-15-6-7-16(11-18-15)19-9-8-13-4-2-3-5-14(13)12-19/h2-7,11,17H,8-10,12H2,1H3. The van der Waals surface area contributed by atoms with Crippen LogP contribution in [0, 0.1) is 0 Å². The van der Waals surface area contributed by atoms with Crippen molar-refractivity contribution in [3.63, 3.8) is 0 Å². The van der Waals surface area contributed by atoms with Gasteiger partial charge in [-0.05, 0) is 36.7 Å². The minimum atomic E-state index is 0.823. The maximum absolute atomic E-state index is 4.50. The molecular weight excluding hydrogens is 234 g/mol. The van der Waals surface area contributed by atoms with E-state index in [0.717, 1.165) is 31.7 Å². The highest BCUT2D eigenvalue weighted by Crippen LogP contribution is 2.23. The Morgan fingerprint density at radius 2 is 2.00 bits per heavy atom. The van der Waals surface area contributed by atoms with E-state index in [1.54, 1.807) is 0 Å². The third kappa shape index (κ3) is 2.61. The average Bonchev–Trinajstić information content (AvgIpc) is 2.48. The highest BCUT2D eigenvalue weighted by atomic mass is 15.1. The van der Waals surface area contributed by atoms with Crippen LogP contribution in [-0.2, 0) is 19.5 Å². The monoisotopic (exact) mass is 253 g/mol. The number of nitrogens with one attached hydrogen (secondary N) is 1. The number of benzene rings is 1. The molecule has 2 heterocycles. The fourth-order valence-electron chi connectivity index (χ4n) is 2.61. The van der Waals surface area contributed by atoms with Gasteiger partial charge in [0.15, 0.2) is 0 Å². The summed E-state index contributed by atoms with van der Waals surface area (Å²) >= 11 is 0. The maximum atomic E-state index is 4.50. The summed E-state index contributed by atoms with van der Waals surface area (Å²) in [5.41, 5.74) is 5.23. The van der Waals surface area contributed by atoms with Crippen LogP contribution in [0.1, 0.15) is 16.8 Å². The van der Waals surface area contributed by atoms with Crippen molar-refractivity contribution < 1.29 is 0 Å². The van der Waals surface area contributed by atoms with E-state index >= 15 is 0 Å². The first-order valence-corrected chi connectivity index (χ1v) is 6.78. The molecule has 1 aromatic carbocycles. The molecule has 0 spiro atoms. The molecule has 0 saturated carbocycles. The third-order valence-corrected chi connectivity index (χ3v) is 3.66. The second kappa shape index (κ2) is 5.41. The zero-order valence-electron chi connectivity index (χ0n) is 11.3. The summed E-state index contributed by atoms with van der Waals surface area (Å²) in [6.07, 6.45) is 3.11. The Morgan fingerprint density at radius 1 is 1.16 bits per heavy atom. The van der Waals surface area contributed by atoms with Gasteiger partial charge in [0.25, 0.3) is 0 Å². The molecule has 0 amide bonds. The average molecular weight is 253 g/mol. The van der Waals surface area contributed by atoms with Crippen molar-refractivity contribution in [3.8, 4) is 0 Å². The normalized spacial score (nSPS) is 14.3. The highest BCUT2D eigenvalue weighted by Gasteiger charge is 2.15. The molecule has 1 N–H and O–H groups in total. The quantitative estimate of drug-likeness (QED) is 0.910. The minimum absolute atomic E-state index is 0.823. The maximum Gasteiger partial charge on any atom is 0.0556 e. The summed E-state index contributed by atoms with van der Waals surface area (Å²) in [5, 5.41) is 3.12. The molecule has 1 aromatic heterocycles. The van der Waals surface area contributed by atoms with Crippen LogP contribution in [0.2, 0.25) is 0 Å². The number of hydrogen-bond acceptors (Lipinski definition) is 3. The Balaban J connectivity index is 1.77. The number of nitrogens with zero attached hydrogens (tertiary/aromatic N) is 2. The van der Waals surface area contributed by atoms with Crippen molar-refractivity contribution in [2.45, 2.75) is 19.5 Å². The number of anilines is 1. The van der Waals surface area contributed by atoms with Gasteiger partial charge in [0.2, 0.25) is 0 Å². The molecule has 19 heavy (non-hydrogen) atoms. The van der Waals surface area contributed by atoms with Gasteiger partial charge >= 0.3 is 0 Å². The van der Waals surface area contributed by atoms with Gasteiger partial charge < -0.3 is 10.2 Å². The minimum Gasteiger partial charge on any atom is -0.366 e. The Morgan fingerprint density at radius 3 is 2.74 bits per heavy atom. The summed E-state index contributed by atoms with van der Waals surface area (Å²) < 4.78 is 0. The fourth-order valence-corrected chi connectivity index (χ4v) is 2.61. The molecule has 0 unspecified atom stereocenters. The molecule has 0 fully saturated rings. The molecule has 2 aromatic rings. The number of aromatic nitrogens is 1. The van der Waals surface area contributed by atoms with Gasteiger partial charge in [0, 0.05) is 19.6 Å². The van der Waals surface area contributed by atoms with Crippen LogP contribution in [-0.4, -0.2) is 18.6 Å². The summed E-state index contributed by atoms with van der Waals surface area (Å²) in [7, 11) is 1.94. The lowest BCUT2D eigenvalue weighted by atomic mass is 10.00. The first kappa shape index (κ1) is 12.2. The highest BCUT2D eigenvalue weighted by molar-refractivity contribution is 5.48. The molecule has 0 atom stereocenters. The molecular formula is C16H19N3. The first-order valence-electron chi connectivity index (χ1n) is 6.78. The van der Waals surface area contributed by atoms with Gasteiger partial charge in [0.1, 0.15) is 0 Å². The SMILES string of the molecule is CNCc1ccc(N2CCc3ccccc3C2)cn1. The lowest BCUT2D eigenvalue weighted by Crippen LogP contribution is -2.30. The van der Waals surface area contributed by atoms with Crippen molar-refractivity contribution in [2.24, 2.45) is 0 Å². The first-order chi connectivity index (χ1) is 9.36. The second-order valence-electron chi connectivity index (χ2n) is 4.98. The number of rotatable bonds is 3. The second-order valence-corrected chi connectivity index (χ2v) is 4.98. The zero-order valence-corrected chi connectivity index (χ0v) is 11.3. The van der Waals surface area contributed by atoms with Gasteiger partial charge in [0.05, 0.1) is 17.6 Å². The van der Waals surface area contributed by atoms with E-state index in [1.165, 1.54) is 16.8 Å². The third-order valence-electron chi connectivity index (χ3n) is 3.66. The Bertz CT molecular complexity index is 548. The molecule has 98 valence electrons. The van der Waals surface area contributed by atoms with Crippen LogP contribution in [0.4, 0.5) is 5.69 Å². The molecule has 1 aliphatic rings. The number of hydrogen-bond donors (Lipinski definition) is 1. The zero-order chi connectivity index (χ0) is 13.1. The molecule has 3 heteroatoms. The van der Waals surface area contributed by atoms with Gasteiger partial charge in [-0.25, -0.2) is 0 Å². The van der Waals surface area contributed by atoms with E-state index in [2.05, 4.69) is 51.6 Å². The Kier molecular flexibility index (Phi) is 3.47. The van der Waals surface area contributed by atoms with Crippen molar-refractivity contribution in [3.05, 3.63) is 59.4 Å². The van der Waals surface area contributed by atoms with Crippen LogP contribution in [0.25, 0.3) is 0 Å². The lowest BCUT2D eigenvalue weighted by Gasteiger charge is -2.30. The van der Waals surface area contributed by atoms with E-state index in [0.29, 0.717) is 0 Å². The van der Waals surface area contributed by atoms with Crippen LogP contribution >= 0.6 is 0 Å². The van der Waals surface area contributed by atoms with E-state index in [-0.39, 0.29) is 0 Å². The van der Waals surface area contributed by atoms with Crippen molar-refractivity contribution in [2.75, 3.05) is 18.5 Å². The smallest absolute Gasteiger partial charge is 0.0556 e. The van der Waals surface area contributed by atoms with Gasteiger partial charge in [-0.15, -0.1) is 0 Å². The van der Waals surface area contributed by atoms with Gasteiger partial charge in [-0.1, -0.05) is 24.3 Å². The lowest BCUT2D eigenvalue weighted by molar-refractivity contribution is 0.727. The van der Waals surface area contributed by atoms with Crippen LogP contribution in [0.3, 0.4) is 0 Å². The molecule has 1 aliphatic heterocycles. The molecule has 0 bridgehead atoms. The number of fused-ring (bicyclic) bond motifs is 1. The molecule has 3 nitrogen and oxygen atoms in total. The summed E-state index contributed by atoms with van der Waals surface area (Å²) in [5.74, 6) is 0. The molecule has 0 aliphatic carbocycles. The van der Waals surface area contributed by atoms with E-state index in [9.17, 15) is 0 Å². The summed E-state index contributed by atoms with van der Waals surface area (Å²) in [6.45, 7) is 2.89. The van der Waals surface area contributed by atoms with E-state index in [1.807, 2.05) is 13.2 Å². The van der Waals surface area contributed by atoms with E-state index < -0.39 is 0 Å². The van der Waals surface area contributed by atoms with Crippen LogP contribution < -0.4 is 10.2 Å². The summed E-state index contributed by atoms with van der Waals surface area (Å²) in [6, 6.07) is 13.0. The van der Waals surface area contributed by atoms with Crippen molar-refractivity contribution in [1.29, 1.82) is 0 Å². The Hall–Kier alpha value is -1.87. The predicted octanol–water partition coefficient (Wildman–Crippen LogP) is 2.36. The van der Waals surface area contributed by atoms with Crippen LogP contribution in [0.5, 0.6) is 0 Å². The number of pyridine rings is 1. The summed E-state index contributed by atoms with van der Waals surface area (Å²) in [4.78, 5) is 6.90. The van der Waals surface area contributed by atoms with Crippen molar-refractivity contribution >= 4 is 5.69 Å². The topological polar surface area (TPSA) is 28.2 Å². The largest absolute Gasteiger partial charge is 0.366 e. The van der Waals surface area contributed by atoms with Crippen LogP contribution in [0.15, 0.2) is 42.6 Å². The molecule has 0 saturated heterocycles. The van der Waals surface area contributed by atoms with Gasteiger partial charge in [-0.2, -0.15) is 0 Å². The fraction of sp³-hybridized carbons (Fsp3) is 0.312. The van der Waals surface area contributed by atoms with Gasteiger partial charge in [-0.3, -0.25) is 4.98 Å². The van der Waals surface area contributed by atoms with E-state index in [4.69, 9.17) is 0 Å².